The lowest BCUT2D eigenvalue weighted by atomic mass is 9.98. The van der Waals surface area contributed by atoms with Crippen molar-refractivity contribution < 1.29 is 9.13 Å². The Bertz CT molecular complexity index is 476. The van der Waals surface area contributed by atoms with Crippen molar-refractivity contribution in [3.63, 3.8) is 0 Å². The standard InChI is InChI=1S/C15H22FN3O/c1-20-10-11-3-2-4-19(8-11)9-12-5-13(15(17)18)7-14(16)6-12/h5-7,11H,2-4,8-10H2,1H3,(H3,17,18). The molecule has 1 aromatic carbocycles. The molecule has 1 unspecified atom stereocenters. The highest BCUT2D eigenvalue weighted by molar-refractivity contribution is 5.95. The minimum absolute atomic E-state index is 0.0957. The first-order chi connectivity index (χ1) is 9.58. The smallest absolute Gasteiger partial charge is 0.124 e. The lowest BCUT2D eigenvalue weighted by Gasteiger charge is -2.32. The van der Waals surface area contributed by atoms with Crippen molar-refractivity contribution in [3.8, 4) is 0 Å². The van der Waals surface area contributed by atoms with Gasteiger partial charge in [0.25, 0.3) is 0 Å². The first kappa shape index (κ1) is 14.9. The normalized spacial score (nSPS) is 20.0. The summed E-state index contributed by atoms with van der Waals surface area (Å²) >= 11 is 0. The molecular formula is C15H22FN3O. The Kier molecular flexibility index (Phi) is 5.09. The van der Waals surface area contributed by atoms with Gasteiger partial charge in [0.15, 0.2) is 0 Å². The number of rotatable bonds is 5. The maximum atomic E-state index is 13.5. The Balaban J connectivity index is 2.03. The van der Waals surface area contributed by atoms with E-state index in [-0.39, 0.29) is 11.7 Å². The quantitative estimate of drug-likeness (QED) is 0.640. The molecule has 1 fully saturated rings. The average Bonchev–Trinajstić information content (AvgIpc) is 2.38. The third-order valence-electron chi connectivity index (χ3n) is 3.68. The average molecular weight is 279 g/mol. The molecule has 0 radical (unpaired) electrons. The molecule has 20 heavy (non-hydrogen) atoms. The van der Waals surface area contributed by atoms with Gasteiger partial charge in [0, 0.05) is 25.8 Å². The second-order valence-electron chi connectivity index (χ2n) is 5.46. The number of methoxy groups -OCH3 is 1. The summed E-state index contributed by atoms with van der Waals surface area (Å²) in [5.74, 6) is 0.120. The van der Waals surface area contributed by atoms with Crippen molar-refractivity contribution in [2.24, 2.45) is 11.7 Å². The fourth-order valence-electron chi connectivity index (χ4n) is 2.82. The molecule has 0 saturated carbocycles. The van der Waals surface area contributed by atoms with Crippen molar-refractivity contribution in [2.45, 2.75) is 19.4 Å². The summed E-state index contributed by atoms with van der Waals surface area (Å²) < 4.78 is 18.8. The van der Waals surface area contributed by atoms with Crippen molar-refractivity contribution in [3.05, 3.63) is 35.1 Å². The van der Waals surface area contributed by atoms with E-state index in [2.05, 4.69) is 4.90 Å². The summed E-state index contributed by atoms with van der Waals surface area (Å²) in [6, 6.07) is 4.62. The van der Waals surface area contributed by atoms with Gasteiger partial charge in [-0.25, -0.2) is 4.39 Å². The van der Waals surface area contributed by atoms with Gasteiger partial charge < -0.3 is 10.5 Å². The summed E-state index contributed by atoms with van der Waals surface area (Å²) in [5, 5.41) is 7.42. The number of hydrogen-bond acceptors (Lipinski definition) is 3. The molecule has 3 N–H and O–H groups in total. The van der Waals surface area contributed by atoms with E-state index < -0.39 is 0 Å². The van der Waals surface area contributed by atoms with E-state index in [9.17, 15) is 4.39 Å². The molecular weight excluding hydrogens is 257 g/mol. The van der Waals surface area contributed by atoms with Crippen molar-refractivity contribution >= 4 is 5.84 Å². The Hall–Kier alpha value is -1.46. The molecule has 1 aliphatic rings. The number of nitrogen functional groups attached to an aromatic ring is 1. The number of ether oxygens (including phenoxy) is 1. The lowest BCUT2D eigenvalue weighted by Crippen LogP contribution is -2.36. The van der Waals surface area contributed by atoms with Gasteiger partial charge in [-0.05, 0) is 49.1 Å². The SMILES string of the molecule is COCC1CCCN(Cc2cc(F)cc(C(=N)N)c2)C1. The second kappa shape index (κ2) is 6.81. The molecule has 1 heterocycles. The van der Waals surface area contributed by atoms with E-state index in [1.807, 2.05) is 0 Å². The van der Waals surface area contributed by atoms with E-state index in [1.165, 1.54) is 18.6 Å². The molecule has 0 bridgehead atoms. The van der Waals surface area contributed by atoms with Crippen LogP contribution in [0.1, 0.15) is 24.0 Å². The molecule has 1 aliphatic heterocycles. The van der Waals surface area contributed by atoms with Crippen LogP contribution in [0.15, 0.2) is 18.2 Å². The van der Waals surface area contributed by atoms with Crippen molar-refractivity contribution in [1.29, 1.82) is 5.41 Å². The first-order valence-electron chi connectivity index (χ1n) is 6.93. The van der Waals surface area contributed by atoms with E-state index in [1.54, 1.807) is 13.2 Å². The van der Waals surface area contributed by atoms with E-state index in [0.717, 1.165) is 31.7 Å². The van der Waals surface area contributed by atoms with E-state index in [4.69, 9.17) is 15.9 Å². The third-order valence-corrected chi connectivity index (χ3v) is 3.68. The number of likely N-dealkylation sites (tertiary alicyclic amines) is 1. The highest BCUT2D eigenvalue weighted by atomic mass is 19.1. The number of benzene rings is 1. The molecule has 4 nitrogen and oxygen atoms in total. The minimum Gasteiger partial charge on any atom is -0.384 e. The van der Waals surface area contributed by atoms with E-state index >= 15 is 0 Å². The highest BCUT2D eigenvalue weighted by Crippen LogP contribution is 2.19. The summed E-state index contributed by atoms with van der Waals surface area (Å²) in [6.07, 6.45) is 2.33. The zero-order chi connectivity index (χ0) is 14.5. The molecule has 0 spiro atoms. The zero-order valence-corrected chi connectivity index (χ0v) is 11.9. The first-order valence-corrected chi connectivity index (χ1v) is 6.93. The van der Waals surface area contributed by atoms with Crippen LogP contribution in [-0.2, 0) is 11.3 Å². The van der Waals surface area contributed by atoms with Gasteiger partial charge in [0.2, 0.25) is 0 Å². The summed E-state index contributed by atoms with van der Waals surface area (Å²) in [7, 11) is 1.73. The highest BCUT2D eigenvalue weighted by Gasteiger charge is 2.20. The Morgan fingerprint density at radius 1 is 1.50 bits per heavy atom. The third kappa shape index (κ3) is 4.02. The largest absolute Gasteiger partial charge is 0.384 e. The second-order valence-corrected chi connectivity index (χ2v) is 5.46. The molecule has 5 heteroatoms. The number of hydrogen-bond donors (Lipinski definition) is 2. The monoisotopic (exact) mass is 279 g/mol. The molecule has 0 aliphatic carbocycles. The van der Waals surface area contributed by atoms with Crippen LogP contribution in [0.4, 0.5) is 4.39 Å². The van der Waals surface area contributed by atoms with Gasteiger partial charge in [0.05, 0.1) is 6.61 Å². The fourth-order valence-corrected chi connectivity index (χ4v) is 2.82. The predicted molar refractivity (Wildman–Crippen MR) is 77.3 cm³/mol. The van der Waals surface area contributed by atoms with Crippen LogP contribution in [0.3, 0.4) is 0 Å². The summed E-state index contributed by atoms with van der Waals surface area (Å²) in [4.78, 5) is 2.31. The van der Waals surface area contributed by atoms with E-state index in [0.29, 0.717) is 18.0 Å². The van der Waals surface area contributed by atoms with Crippen LogP contribution in [0, 0.1) is 17.1 Å². The van der Waals surface area contributed by atoms with Gasteiger partial charge >= 0.3 is 0 Å². The van der Waals surface area contributed by atoms with Crippen LogP contribution in [0.25, 0.3) is 0 Å². The van der Waals surface area contributed by atoms with Crippen LogP contribution in [0.5, 0.6) is 0 Å². The number of nitrogens with zero attached hydrogens (tertiary/aromatic N) is 1. The topological polar surface area (TPSA) is 62.3 Å². The minimum atomic E-state index is -0.335. The summed E-state index contributed by atoms with van der Waals surface area (Å²) in [6.45, 7) is 3.46. The van der Waals surface area contributed by atoms with Crippen LogP contribution in [-0.4, -0.2) is 37.5 Å². The number of halogens is 1. The molecule has 110 valence electrons. The van der Waals surface area contributed by atoms with Crippen molar-refractivity contribution in [1.82, 2.24) is 4.90 Å². The van der Waals surface area contributed by atoms with Gasteiger partial charge in [-0.3, -0.25) is 10.3 Å². The molecule has 0 aromatic heterocycles. The van der Waals surface area contributed by atoms with Gasteiger partial charge in [-0.15, -0.1) is 0 Å². The van der Waals surface area contributed by atoms with Gasteiger partial charge in [-0.1, -0.05) is 0 Å². The van der Waals surface area contributed by atoms with Crippen molar-refractivity contribution in [2.75, 3.05) is 26.8 Å². The molecule has 2 rings (SSSR count). The Morgan fingerprint density at radius 2 is 2.30 bits per heavy atom. The Labute approximate surface area is 119 Å². The molecule has 1 atom stereocenters. The van der Waals surface area contributed by atoms with Crippen LogP contribution >= 0.6 is 0 Å². The van der Waals surface area contributed by atoms with Crippen LogP contribution in [0.2, 0.25) is 0 Å². The van der Waals surface area contributed by atoms with Gasteiger partial charge in [-0.2, -0.15) is 0 Å². The van der Waals surface area contributed by atoms with Crippen LogP contribution < -0.4 is 5.73 Å². The number of piperidine rings is 1. The fraction of sp³-hybridized carbons (Fsp3) is 0.533. The summed E-state index contributed by atoms with van der Waals surface area (Å²) in [5.41, 5.74) is 6.75. The maximum Gasteiger partial charge on any atom is 0.124 e. The number of nitrogens with two attached hydrogens (primary N) is 1. The predicted octanol–water partition coefficient (Wildman–Crippen LogP) is 1.97. The number of nitrogens with one attached hydrogen (secondary N) is 1. The lowest BCUT2D eigenvalue weighted by molar-refractivity contribution is 0.0873. The molecule has 0 amide bonds. The maximum absolute atomic E-state index is 13.5. The molecule has 1 saturated heterocycles. The Morgan fingerprint density at radius 3 is 3.00 bits per heavy atom. The zero-order valence-electron chi connectivity index (χ0n) is 11.9. The number of amidine groups is 1. The van der Waals surface area contributed by atoms with Gasteiger partial charge in [0.1, 0.15) is 11.7 Å². The molecule has 1 aromatic rings.